The van der Waals surface area contributed by atoms with Crippen molar-refractivity contribution in [3.05, 3.63) is 57.6 Å². The largest absolute Gasteiger partial charge is 0.444 e. The average Bonchev–Trinajstić information content (AvgIpc) is 3.17. The normalized spacial score (nSPS) is 14.9. The van der Waals surface area contributed by atoms with Gasteiger partial charge in [0.05, 0.1) is 5.56 Å². The molecule has 3 rings (SSSR count). The highest BCUT2D eigenvalue weighted by Crippen LogP contribution is 2.23. The summed E-state index contributed by atoms with van der Waals surface area (Å²) >= 11 is 3.19. The Bertz CT molecular complexity index is 971. The van der Waals surface area contributed by atoms with E-state index in [1.54, 1.807) is 11.0 Å². The van der Waals surface area contributed by atoms with Crippen molar-refractivity contribution in [2.24, 2.45) is 0 Å². The standard InChI is InChI=1S/C22H25BrFN3O4/c1-22(2,3)31-21(30)27-9-7-14(8-10-27)26-20(29)17-11-13(12-25-17)19(28)18-15(23)5-4-6-16(18)24/h4-6,11-12,14,25H,7-10H2,1-3H3,(H,26,29). The van der Waals surface area contributed by atoms with E-state index in [-0.39, 0.29) is 34.9 Å². The predicted octanol–water partition coefficient (Wildman–Crippen LogP) is 4.28. The molecular weight excluding hydrogens is 469 g/mol. The van der Waals surface area contributed by atoms with Gasteiger partial charge in [-0.2, -0.15) is 0 Å². The van der Waals surface area contributed by atoms with Crippen LogP contribution < -0.4 is 5.32 Å². The quantitative estimate of drug-likeness (QED) is 0.621. The number of carbonyl (C=O) groups excluding carboxylic acids is 3. The lowest BCUT2D eigenvalue weighted by Gasteiger charge is -2.33. The maximum Gasteiger partial charge on any atom is 0.410 e. The number of piperidine rings is 1. The number of aromatic nitrogens is 1. The molecule has 0 saturated carbocycles. The Hall–Kier alpha value is -2.68. The van der Waals surface area contributed by atoms with Gasteiger partial charge in [0.15, 0.2) is 5.78 Å². The van der Waals surface area contributed by atoms with E-state index in [1.807, 2.05) is 20.8 Å². The number of amides is 2. The highest BCUT2D eigenvalue weighted by Gasteiger charge is 2.28. The molecular formula is C22H25BrFN3O4. The van der Waals surface area contributed by atoms with Gasteiger partial charge in [-0.15, -0.1) is 0 Å². The van der Waals surface area contributed by atoms with E-state index < -0.39 is 17.2 Å². The highest BCUT2D eigenvalue weighted by atomic mass is 79.9. The zero-order valence-corrected chi connectivity index (χ0v) is 19.2. The number of ether oxygens (including phenoxy) is 1. The minimum atomic E-state index is -0.636. The minimum absolute atomic E-state index is 0.0806. The van der Waals surface area contributed by atoms with Gasteiger partial charge in [-0.05, 0) is 67.7 Å². The number of rotatable bonds is 4. The maximum absolute atomic E-state index is 14.1. The first-order valence-corrected chi connectivity index (χ1v) is 10.8. The topological polar surface area (TPSA) is 91.5 Å². The molecule has 1 aliphatic heterocycles. The summed E-state index contributed by atoms with van der Waals surface area (Å²) in [6.45, 7) is 6.42. The van der Waals surface area contributed by atoms with Crippen LogP contribution in [0.5, 0.6) is 0 Å². The molecule has 7 nitrogen and oxygen atoms in total. The Kier molecular flexibility index (Phi) is 6.83. The molecule has 166 valence electrons. The van der Waals surface area contributed by atoms with Crippen molar-refractivity contribution in [1.29, 1.82) is 0 Å². The van der Waals surface area contributed by atoms with Crippen molar-refractivity contribution in [2.45, 2.75) is 45.3 Å². The number of ketones is 1. The Balaban J connectivity index is 1.58. The minimum Gasteiger partial charge on any atom is -0.444 e. The van der Waals surface area contributed by atoms with Crippen LogP contribution in [-0.2, 0) is 4.74 Å². The van der Waals surface area contributed by atoms with Crippen molar-refractivity contribution in [1.82, 2.24) is 15.2 Å². The molecule has 2 aromatic rings. The Morgan fingerprint density at radius 1 is 1.23 bits per heavy atom. The second-order valence-electron chi connectivity index (χ2n) is 8.44. The van der Waals surface area contributed by atoms with E-state index in [0.717, 1.165) is 0 Å². The molecule has 1 aromatic carbocycles. The van der Waals surface area contributed by atoms with Gasteiger partial charge < -0.3 is 19.9 Å². The van der Waals surface area contributed by atoms with Crippen LogP contribution in [0.2, 0.25) is 0 Å². The molecule has 2 heterocycles. The van der Waals surface area contributed by atoms with Gasteiger partial charge in [0.2, 0.25) is 0 Å². The summed E-state index contributed by atoms with van der Waals surface area (Å²) in [7, 11) is 0. The van der Waals surface area contributed by atoms with E-state index in [9.17, 15) is 18.8 Å². The van der Waals surface area contributed by atoms with Crippen LogP contribution in [0.3, 0.4) is 0 Å². The number of aromatic amines is 1. The fourth-order valence-electron chi connectivity index (χ4n) is 3.31. The Morgan fingerprint density at radius 3 is 2.52 bits per heavy atom. The van der Waals surface area contributed by atoms with Crippen molar-refractivity contribution >= 4 is 33.7 Å². The first-order chi connectivity index (χ1) is 14.5. The number of hydrogen-bond acceptors (Lipinski definition) is 4. The zero-order chi connectivity index (χ0) is 22.8. The molecule has 0 bridgehead atoms. The highest BCUT2D eigenvalue weighted by molar-refractivity contribution is 9.10. The summed E-state index contributed by atoms with van der Waals surface area (Å²) in [6, 6.07) is 5.60. The van der Waals surface area contributed by atoms with E-state index in [2.05, 4.69) is 26.2 Å². The van der Waals surface area contributed by atoms with Crippen LogP contribution in [0, 0.1) is 5.82 Å². The lowest BCUT2D eigenvalue weighted by molar-refractivity contribution is 0.0199. The van der Waals surface area contributed by atoms with Gasteiger partial charge in [0.1, 0.15) is 17.1 Å². The molecule has 2 amide bonds. The molecule has 1 fully saturated rings. The van der Waals surface area contributed by atoms with Gasteiger partial charge in [0.25, 0.3) is 5.91 Å². The van der Waals surface area contributed by atoms with Crippen LogP contribution in [0.25, 0.3) is 0 Å². The molecule has 31 heavy (non-hydrogen) atoms. The summed E-state index contributed by atoms with van der Waals surface area (Å²) in [5.41, 5.74) is -0.229. The third kappa shape index (κ3) is 5.72. The second kappa shape index (κ2) is 9.21. The third-order valence-corrected chi connectivity index (χ3v) is 5.52. The summed E-state index contributed by atoms with van der Waals surface area (Å²) in [4.78, 5) is 41.8. The number of likely N-dealkylation sites (tertiary alicyclic amines) is 1. The Labute approximate surface area is 188 Å². The summed E-state index contributed by atoms with van der Waals surface area (Å²) in [5.74, 6) is -1.52. The number of carbonyl (C=O) groups is 3. The fraction of sp³-hybridized carbons (Fsp3) is 0.409. The van der Waals surface area contributed by atoms with Crippen molar-refractivity contribution in [3.8, 4) is 0 Å². The van der Waals surface area contributed by atoms with Crippen molar-refractivity contribution in [2.75, 3.05) is 13.1 Å². The van der Waals surface area contributed by atoms with E-state index in [4.69, 9.17) is 4.74 Å². The molecule has 0 atom stereocenters. The maximum atomic E-state index is 14.1. The van der Waals surface area contributed by atoms with Gasteiger partial charge in [-0.25, -0.2) is 9.18 Å². The smallest absolute Gasteiger partial charge is 0.410 e. The van der Waals surface area contributed by atoms with Gasteiger partial charge in [0, 0.05) is 35.4 Å². The van der Waals surface area contributed by atoms with Crippen LogP contribution in [-0.4, -0.2) is 52.4 Å². The van der Waals surface area contributed by atoms with Crippen LogP contribution in [0.4, 0.5) is 9.18 Å². The van der Waals surface area contributed by atoms with E-state index in [1.165, 1.54) is 24.4 Å². The van der Waals surface area contributed by atoms with Gasteiger partial charge in [-0.3, -0.25) is 9.59 Å². The lowest BCUT2D eigenvalue weighted by Crippen LogP contribution is -2.47. The van der Waals surface area contributed by atoms with Crippen LogP contribution >= 0.6 is 15.9 Å². The molecule has 9 heteroatoms. The molecule has 1 aromatic heterocycles. The van der Waals surface area contributed by atoms with Gasteiger partial charge in [-0.1, -0.05) is 6.07 Å². The zero-order valence-electron chi connectivity index (χ0n) is 17.6. The van der Waals surface area contributed by atoms with Gasteiger partial charge >= 0.3 is 6.09 Å². The average molecular weight is 494 g/mol. The number of nitrogens with one attached hydrogen (secondary N) is 2. The Morgan fingerprint density at radius 2 is 1.90 bits per heavy atom. The van der Waals surface area contributed by atoms with Crippen molar-refractivity contribution in [3.63, 3.8) is 0 Å². The molecule has 1 aliphatic rings. The first kappa shape index (κ1) is 23.0. The fourth-order valence-corrected chi connectivity index (χ4v) is 3.83. The molecule has 2 N–H and O–H groups in total. The molecule has 0 radical (unpaired) electrons. The number of halogens is 2. The number of hydrogen-bond donors (Lipinski definition) is 2. The summed E-state index contributed by atoms with van der Waals surface area (Å²) in [6.07, 6.45) is 2.23. The van der Waals surface area contributed by atoms with Crippen LogP contribution in [0.15, 0.2) is 34.9 Å². The number of nitrogens with zero attached hydrogens (tertiary/aromatic N) is 1. The predicted molar refractivity (Wildman–Crippen MR) is 117 cm³/mol. The molecule has 0 spiro atoms. The monoisotopic (exact) mass is 493 g/mol. The van der Waals surface area contributed by atoms with Crippen LogP contribution in [0.1, 0.15) is 60.0 Å². The molecule has 0 unspecified atom stereocenters. The van der Waals surface area contributed by atoms with E-state index in [0.29, 0.717) is 30.4 Å². The molecule has 0 aliphatic carbocycles. The molecule has 1 saturated heterocycles. The second-order valence-corrected chi connectivity index (χ2v) is 9.30. The van der Waals surface area contributed by atoms with Crippen molar-refractivity contribution < 1.29 is 23.5 Å². The summed E-state index contributed by atoms with van der Waals surface area (Å²) < 4.78 is 19.8. The van der Waals surface area contributed by atoms with E-state index >= 15 is 0 Å². The third-order valence-electron chi connectivity index (χ3n) is 4.86. The summed E-state index contributed by atoms with van der Waals surface area (Å²) in [5, 5.41) is 2.91. The number of benzene rings is 1. The first-order valence-electron chi connectivity index (χ1n) is 10.0. The number of H-pyrrole nitrogens is 1. The lowest BCUT2D eigenvalue weighted by atomic mass is 10.0. The SMILES string of the molecule is CC(C)(C)OC(=O)N1CCC(NC(=O)c2cc(C(=O)c3c(F)cccc3Br)c[nH]2)CC1.